The molecule has 0 aromatic rings. The van der Waals surface area contributed by atoms with Gasteiger partial charge in [-0.15, -0.1) is 0 Å². The number of ether oxygens (including phenoxy) is 3. The third-order valence-electron chi connectivity index (χ3n) is 13.2. The normalized spacial score (nSPS) is 12.5. The maximum absolute atomic E-state index is 12.9. The molecule has 0 aromatic carbocycles. The van der Waals surface area contributed by atoms with Crippen LogP contribution in [-0.4, -0.2) is 37.2 Å². The minimum atomic E-state index is -0.787. The maximum atomic E-state index is 12.9. The molecule has 1 atom stereocenters. The zero-order valence-electron chi connectivity index (χ0n) is 47.0. The van der Waals surface area contributed by atoms with Crippen molar-refractivity contribution in [1.29, 1.82) is 0 Å². The molecule has 71 heavy (non-hydrogen) atoms. The van der Waals surface area contributed by atoms with Gasteiger partial charge in [0.2, 0.25) is 0 Å². The fourth-order valence-electron chi connectivity index (χ4n) is 8.60. The quantitative estimate of drug-likeness (QED) is 0.0261. The standard InChI is InChI=1S/C65H114O6/c1-4-7-10-13-16-19-22-25-28-31-32-33-34-35-38-40-43-46-49-52-55-58-64(67)70-61-62(71-65(68)59-56-53-50-47-44-41-37-30-27-24-21-18-15-12-9-6-3)60-69-63(66)57-54-51-48-45-42-39-36-29-26-23-20-17-14-11-8-5-2/h7,10,16,19,25,28-30,32-33,36-37,62H,4-6,8-9,11-15,17-18,20-24,26-27,31,34-35,38-61H2,1-3H3/b10-7-,19-16-,28-25-,33-32-,36-29-,37-30-. The highest BCUT2D eigenvalue weighted by molar-refractivity contribution is 5.71. The SMILES string of the molecule is CC/C=C\C/C=C\C/C=C\C/C=C\CCCCCCCCCCC(=O)OCC(COC(=O)CCCCCCC/C=C\CCCCCCCCC)OC(=O)CCCCCCC/C=C\CCCCCCCCC. The van der Waals surface area contributed by atoms with Crippen molar-refractivity contribution in [2.45, 2.75) is 309 Å². The van der Waals surface area contributed by atoms with Crippen molar-refractivity contribution in [3.05, 3.63) is 72.9 Å². The molecule has 0 N–H and O–H groups in total. The zero-order chi connectivity index (χ0) is 51.4. The predicted octanol–water partition coefficient (Wildman–Crippen LogP) is 20.5. The van der Waals surface area contributed by atoms with Crippen LogP contribution < -0.4 is 0 Å². The van der Waals surface area contributed by atoms with Gasteiger partial charge in [0.1, 0.15) is 13.2 Å². The molecule has 0 bridgehead atoms. The Labute approximate surface area is 440 Å². The first kappa shape index (κ1) is 67.8. The summed E-state index contributed by atoms with van der Waals surface area (Å²) in [5.74, 6) is -0.897. The molecule has 0 aliphatic heterocycles. The number of hydrogen-bond acceptors (Lipinski definition) is 6. The van der Waals surface area contributed by atoms with Gasteiger partial charge in [-0.3, -0.25) is 14.4 Å². The van der Waals surface area contributed by atoms with E-state index in [9.17, 15) is 14.4 Å². The number of rotatable bonds is 55. The van der Waals surface area contributed by atoms with E-state index in [0.29, 0.717) is 19.3 Å². The molecule has 0 saturated heterocycles. The molecule has 0 aliphatic rings. The van der Waals surface area contributed by atoms with E-state index in [1.54, 1.807) is 0 Å². The van der Waals surface area contributed by atoms with Crippen molar-refractivity contribution < 1.29 is 28.6 Å². The van der Waals surface area contributed by atoms with E-state index in [0.717, 1.165) is 109 Å². The van der Waals surface area contributed by atoms with Crippen molar-refractivity contribution in [3.8, 4) is 0 Å². The molecule has 6 heteroatoms. The number of hydrogen-bond donors (Lipinski definition) is 0. The monoisotopic (exact) mass is 991 g/mol. The summed E-state index contributed by atoms with van der Waals surface area (Å²) >= 11 is 0. The van der Waals surface area contributed by atoms with Gasteiger partial charge in [0, 0.05) is 19.3 Å². The third-order valence-corrected chi connectivity index (χ3v) is 13.2. The smallest absolute Gasteiger partial charge is 0.306 e. The Morgan fingerprint density at radius 3 is 0.873 bits per heavy atom. The lowest BCUT2D eigenvalue weighted by Crippen LogP contribution is -2.30. The van der Waals surface area contributed by atoms with Crippen molar-refractivity contribution in [1.82, 2.24) is 0 Å². The van der Waals surface area contributed by atoms with Crippen LogP contribution in [0, 0.1) is 0 Å². The second-order valence-corrected chi connectivity index (χ2v) is 20.2. The molecular weight excluding hydrogens is 877 g/mol. The first-order chi connectivity index (χ1) is 35.0. The minimum Gasteiger partial charge on any atom is -0.462 e. The number of unbranched alkanes of at least 4 members (excludes halogenated alkanes) is 32. The number of allylic oxidation sites excluding steroid dienone is 12. The van der Waals surface area contributed by atoms with Crippen LogP contribution in [0.2, 0.25) is 0 Å². The summed E-state index contributed by atoms with van der Waals surface area (Å²) in [7, 11) is 0. The number of carbonyl (C=O) groups is 3. The number of carbonyl (C=O) groups excluding carboxylic acids is 3. The highest BCUT2D eigenvalue weighted by Gasteiger charge is 2.19. The van der Waals surface area contributed by atoms with Gasteiger partial charge in [-0.05, 0) is 109 Å². The largest absolute Gasteiger partial charge is 0.462 e. The fraction of sp³-hybridized carbons (Fsp3) is 0.769. The minimum absolute atomic E-state index is 0.0844. The Kier molecular flexibility index (Phi) is 56.8. The maximum Gasteiger partial charge on any atom is 0.306 e. The van der Waals surface area contributed by atoms with Gasteiger partial charge in [-0.1, -0.05) is 248 Å². The Morgan fingerprint density at radius 1 is 0.296 bits per heavy atom. The Balaban J connectivity index is 4.39. The average molecular weight is 992 g/mol. The summed E-state index contributed by atoms with van der Waals surface area (Å²) < 4.78 is 16.9. The summed E-state index contributed by atoms with van der Waals surface area (Å²) in [4.78, 5) is 38.2. The third kappa shape index (κ3) is 57.6. The molecule has 0 rings (SSSR count). The van der Waals surface area contributed by atoms with Gasteiger partial charge >= 0.3 is 17.9 Å². The predicted molar refractivity (Wildman–Crippen MR) is 307 cm³/mol. The van der Waals surface area contributed by atoms with Crippen molar-refractivity contribution in [2.75, 3.05) is 13.2 Å². The van der Waals surface area contributed by atoms with Gasteiger partial charge in [0.25, 0.3) is 0 Å². The highest BCUT2D eigenvalue weighted by atomic mass is 16.6. The lowest BCUT2D eigenvalue weighted by atomic mass is 10.1. The lowest BCUT2D eigenvalue weighted by molar-refractivity contribution is -0.167. The lowest BCUT2D eigenvalue weighted by Gasteiger charge is -2.18. The summed E-state index contributed by atoms with van der Waals surface area (Å²) in [5.41, 5.74) is 0. The van der Waals surface area contributed by atoms with Crippen LogP contribution in [0.3, 0.4) is 0 Å². The summed E-state index contributed by atoms with van der Waals surface area (Å²) in [6.07, 6.45) is 76.1. The first-order valence-electron chi connectivity index (χ1n) is 30.4. The molecule has 1 unspecified atom stereocenters. The van der Waals surface area contributed by atoms with Crippen LogP contribution in [0.1, 0.15) is 303 Å². The zero-order valence-corrected chi connectivity index (χ0v) is 47.0. The van der Waals surface area contributed by atoms with E-state index >= 15 is 0 Å². The van der Waals surface area contributed by atoms with Gasteiger partial charge in [-0.25, -0.2) is 0 Å². The fourth-order valence-corrected chi connectivity index (χ4v) is 8.60. The Hall–Kier alpha value is -3.15. The van der Waals surface area contributed by atoms with E-state index in [1.165, 1.54) is 154 Å². The topological polar surface area (TPSA) is 78.9 Å². The summed E-state index contributed by atoms with van der Waals surface area (Å²) in [5, 5.41) is 0. The summed E-state index contributed by atoms with van der Waals surface area (Å²) in [6, 6.07) is 0. The van der Waals surface area contributed by atoms with Crippen molar-refractivity contribution in [2.24, 2.45) is 0 Å². The second kappa shape index (κ2) is 59.4. The molecule has 0 amide bonds. The van der Waals surface area contributed by atoms with E-state index in [1.807, 2.05) is 0 Å². The van der Waals surface area contributed by atoms with Crippen LogP contribution in [-0.2, 0) is 28.6 Å². The molecule has 0 aromatic heterocycles. The van der Waals surface area contributed by atoms with Gasteiger partial charge in [0.05, 0.1) is 0 Å². The molecule has 0 fully saturated rings. The molecule has 0 heterocycles. The Morgan fingerprint density at radius 2 is 0.549 bits per heavy atom. The van der Waals surface area contributed by atoms with Crippen LogP contribution in [0.15, 0.2) is 72.9 Å². The van der Waals surface area contributed by atoms with Crippen molar-refractivity contribution >= 4 is 17.9 Å². The molecule has 0 spiro atoms. The van der Waals surface area contributed by atoms with E-state index in [2.05, 4.69) is 93.7 Å². The first-order valence-corrected chi connectivity index (χ1v) is 30.4. The van der Waals surface area contributed by atoms with Gasteiger partial charge in [0.15, 0.2) is 6.10 Å². The number of esters is 3. The van der Waals surface area contributed by atoms with E-state index in [4.69, 9.17) is 14.2 Å². The molecule has 0 radical (unpaired) electrons. The van der Waals surface area contributed by atoms with Crippen LogP contribution in [0.25, 0.3) is 0 Å². The van der Waals surface area contributed by atoms with Gasteiger partial charge < -0.3 is 14.2 Å². The average Bonchev–Trinajstić information content (AvgIpc) is 3.37. The van der Waals surface area contributed by atoms with E-state index < -0.39 is 6.10 Å². The molecular formula is C65H114O6. The van der Waals surface area contributed by atoms with Crippen molar-refractivity contribution in [3.63, 3.8) is 0 Å². The van der Waals surface area contributed by atoms with Crippen LogP contribution >= 0.6 is 0 Å². The van der Waals surface area contributed by atoms with Crippen LogP contribution in [0.4, 0.5) is 0 Å². The molecule has 0 saturated carbocycles. The second-order valence-electron chi connectivity index (χ2n) is 20.2. The van der Waals surface area contributed by atoms with E-state index in [-0.39, 0.29) is 31.1 Å². The summed E-state index contributed by atoms with van der Waals surface area (Å²) in [6.45, 7) is 6.53. The van der Waals surface area contributed by atoms with Crippen LogP contribution in [0.5, 0.6) is 0 Å². The van der Waals surface area contributed by atoms with Gasteiger partial charge in [-0.2, -0.15) is 0 Å². The molecule has 410 valence electrons. The molecule has 0 aliphatic carbocycles. The highest BCUT2D eigenvalue weighted by Crippen LogP contribution is 2.15. The Bertz CT molecular complexity index is 1320. The molecule has 6 nitrogen and oxygen atoms in total.